The van der Waals surface area contributed by atoms with Crippen molar-refractivity contribution >= 4 is 0 Å². The number of aromatic nitrogens is 1. The molecule has 0 N–H and O–H groups in total. The molecule has 0 aliphatic carbocycles. The van der Waals surface area contributed by atoms with Gasteiger partial charge in [-0.3, -0.25) is 14.8 Å². The third-order valence-electron chi connectivity index (χ3n) is 7.05. The van der Waals surface area contributed by atoms with E-state index >= 15 is 0 Å². The summed E-state index contributed by atoms with van der Waals surface area (Å²) in [6.45, 7) is 18.5. The number of morpholine rings is 2. The Bertz CT molecular complexity index is 907. The van der Waals surface area contributed by atoms with Crippen LogP contribution in [0.1, 0.15) is 55.6 Å². The lowest BCUT2D eigenvalue weighted by molar-refractivity contribution is -0.0706. The predicted molar refractivity (Wildman–Crippen MR) is 135 cm³/mol. The zero-order chi connectivity index (χ0) is 23.4. The summed E-state index contributed by atoms with van der Waals surface area (Å²) in [5.74, 6) is 0. The van der Waals surface area contributed by atoms with E-state index in [1.165, 1.54) is 27.8 Å². The van der Waals surface area contributed by atoms with Crippen LogP contribution >= 0.6 is 0 Å². The van der Waals surface area contributed by atoms with Gasteiger partial charge in [-0.2, -0.15) is 0 Å². The van der Waals surface area contributed by atoms with Gasteiger partial charge in [0.15, 0.2) is 0 Å². The van der Waals surface area contributed by atoms with Gasteiger partial charge in [0, 0.05) is 50.5 Å². The van der Waals surface area contributed by atoms with Crippen molar-refractivity contribution < 1.29 is 9.47 Å². The molecule has 2 saturated heterocycles. The molecule has 2 aliphatic rings. The second-order valence-corrected chi connectivity index (χ2v) is 9.73. The molecule has 2 fully saturated rings. The summed E-state index contributed by atoms with van der Waals surface area (Å²) in [5, 5.41) is 0. The van der Waals surface area contributed by atoms with E-state index in [1.807, 2.05) is 0 Å². The fourth-order valence-electron chi connectivity index (χ4n) is 5.46. The monoisotopic (exact) mass is 451 g/mol. The van der Waals surface area contributed by atoms with Crippen LogP contribution in [0, 0.1) is 6.92 Å². The minimum Gasteiger partial charge on any atom is -0.379 e. The molecule has 2 aromatic rings. The van der Waals surface area contributed by atoms with E-state index in [0.717, 1.165) is 76.7 Å². The Morgan fingerprint density at radius 3 is 2.15 bits per heavy atom. The van der Waals surface area contributed by atoms with Crippen LogP contribution in [0.4, 0.5) is 0 Å². The van der Waals surface area contributed by atoms with Gasteiger partial charge in [0.1, 0.15) is 0 Å². The first kappa shape index (κ1) is 24.3. The normalized spacial score (nSPS) is 22.6. The van der Waals surface area contributed by atoms with Crippen LogP contribution in [0.25, 0.3) is 11.3 Å². The molecule has 0 amide bonds. The van der Waals surface area contributed by atoms with Crippen molar-refractivity contribution in [2.45, 2.75) is 72.8 Å². The van der Waals surface area contributed by atoms with E-state index in [1.54, 1.807) is 0 Å². The first-order valence-corrected chi connectivity index (χ1v) is 12.8. The highest BCUT2D eigenvalue weighted by Crippen LogP contribution is 2.31. The van der Waals surface area contributed by atoms with E-state index in [9.17, 15) is 0 Å². The van der Waals surface area contributed by atoms with Crippen LogP contribution in [-0.2, 0) is 35.4 Å². The van der Waals surface area contributed by atoms with Gasteiger partial charge in [0.25, 0.3) is 0 Å². The molecule has 4 rings (SSSR count). The van der Waals surface area contributed by atoms with Crippen molar-refractivity contribution in [1.82, 2.24) is 14.8 Å². The molecule has 1 aromatic carbocycles. The fourth-order valence-corrected chi connectivity index (χ4v) is 5.46. The molecular formula is C28H41N3O2. The largest absolute Gasteiger partial charge is 0.379 e. The van der Waals surface area contributed by atoms with Gasteiger partial charge in [-0.1, -0.05) is 32.0 Å². The summed E-state index contributed by atoms with van der Waals surface area (Å²) < 4.78 is 11.6. The second kappa shape index (κ2) is 11.1. The van der Waals surface area contributed by atoms with Gasteiger partial charge in [-0.15, -0.1) is 0 Å². The molecule has 0 radical (unpaired) electrons. The molecular weight excluding hydrogens is 410 g/mol. The Morgan fingerprint density at radius 1 is 0.909 bits per heavy atom. The van der Waals surface area contributed by atoms with E-state index in [2.05, 4.69) is 68.7 Å². The fraction of sp³-hybridized carbons (Fsp3) is 0.607. The Balaban J connectivity index is 1.74. The van der Waals surface area contributed by atoms with Gasteiger partial charge in [-0.05, 0) is 61.9 Å². The van der Waals surface area contributed by atoms with Crippen LogP contribution in [-0.4, -0.2) is 66.4 Å². The van der Waals surface area contributed by atoms with Crippen LogP contribution in [0.2, 0.25) is 0 Å². The highest BCUT2D eigenvalue weighted by Gasteiger charge is 2.25. The molecule has 0 unspecified atom stereocenters. The van der Waals surface area contributed by atoms with Gasteiger partial charge >= 0.3 is 0 Å². The molecule has 2 aliphatic heterocycles. The molecule has 5 nitrogen and oxygen atoms in total. The Kier molecular flexibility index (Phi) is 8.18. The third-order valence-corrected chi connectivity index (χ3v) is 7.05. The Morgan fingerprint density at radius 2 is 1.55 bits per heavy atom. The van der Waals surface area contributed by atoms with Crippen LogP contribution in [0.15, 0.2) is 24.3 Å². The number of hydrogen-bond donors (Lipinski definition) is 0. The SMILES string of the molecule is CCc1cccc(CC)c1-c1cc(CN2CCOCC2)c(CN2C[C@@H](C)O[C@H](C)C2)c(C)n1. The van der Waals surface area contributed by atoms with Crippen LogP contribution in [0.5, 0.6) is 0 Å². The zero-order valence-corrected chi connectivity index (χ0v) is 21.2. The summed E-state index contributed by atoms with van der Waals surface area (Å²) in [4.78, 5) is 10.3. The molecule has 33 heavy (non-hydrogen) atoms. The highest BCUT2D eigenvalue weighted by atomic mass is 16.5. The molecule has 1 aromatic heterocycles. The van der Waals surface area contributed by atoms with E-state index in [-0.39, 0.29) is 12.2 Å². The number of ether oxygens (including phenoxy) is 2. The minimum absolute atomic E-state index is 0.271. The van der Waals surface area contributed by atoms with E-state index < -0.39 is 0 Å². The van der Waals surface area contributed by atoms with Crippen molar-refractivity contribution in [3.8, 4) is 11.3 Å². The molecule has 3 heterocycles. The maximum atomic E-state index is 5.98. The summed E-state index contributed by atoms with van der Waals surface area (Å²) in [5.41, 5.74) is 9.23. The van der Waals surface area contributed by atoms with Gasteiger partial charge < -0.3 is 9.47 Å². The van der Waals surface area contributed by atoms with Crippen LogP contribution < -0.4 is 0 Å². The quantitative estimate of drug-likeness (QED) is 0.614. The smallest absolute Gasteiger partial charge is 0.0714 e. The summed E-state index contributed by atoms with van der Waals surface area (Å²) in [7, 11) is 0. The number of benzene rings is 1. The molecule has 0 bridgehead atoms. The number of rotatable bonds is 7. The minimum atomic E-state index is 0.271. The van der Waals surface area contributed by atoms with Gasteiger partial charge in [-0.25, -0.2) is 0 Å². The topological polar surface area (TPSA) is 37.8 Å². The van der Waals surface area contributed by atoms with Crippen molar-refractivity contribution in [1.29, 1.82) is 0 Å². The standard InChI is InChI=1S/C28H41N3O2/c1-6-23-9-8-10-24(7-2)28(23)27-15-25(18-30-11-13-32-14-12-30)26(22(5)29-27)19-31-16-20(3)33-21(4)17-31/h8-10,15,20-21H,6-7,11-14,16-19H2,1-5H3/t20-,21-/m1/s1. The molecule has 180 valence electrons. The summed E-state index contributed by atoms with van der Waals surface area (Å²) >= 11 is 0. The highest BCUT2D eigenvalue weighted by molar-refractivity contribution is 5.69. The van der Waals surface area contributed by atoms with Crippen molar-refractivity contribution in [3.63, 3.8) is 0 Å². The maximum Gasteiger partial charge on any atom is 0.0714 e. The summed E-state index contributed by atoms with van der Waals surface area (Å²) in [6, 6.07) is 9.10. The maximum absolute atomic E-state index is 5.98. The van der Waals surface area contributed by atoms with Crippen molar-refractivity contribution in [2.75, 3.05) is 39.4 Å². The molecule has 0 saturated carbocycles. The van der Waals surface area contributed by atoms with Crippen molar-refractivity contribution in [2.24, 2.45) is 0 Å². The number of nitrogens with zero attached hydrogens (tertiary/aromatic N) is 3. The van der Waals surface area contributed by atoms with E-state index in [4.69, 9.17) is 14.5 Å². The lowest BCUT2D eigenvalue weighted by atomic mass is 9.92. The predicted octanol–water partition coefficient (Wildman–Crippen LogP) is 4.62. The van der Waals surface area contributed by atoms with Crippen LogP contribution in [0.3, 0.4) is 0 Å². The second-order valence-electron chi connectivity index (χ2n) is 9.73. The average molecular weight is 452 g/mol. The Hall–Kier alpha value is -1.79. The third kappa shape index (κ3) is 5.83. The first-order chi connectivity index (χ1) is 16.0. The molecule has 2 atom stereocenters. The number of hydrogen-bond acceptors (Lipinski definition) is 5. The van der Waals surface area contributed by atoms with Crippen molar-refractivity contribution in [3.05, 3.63) is 52.2 Å². The molecule has 0 spiro atoms. The number of pyridine rings is 1. The average Bonchev–Trinajstić information content (AvgIpc) is 2.80. The summed E-state index contributed by atoms with van der Waals surface area (Å²) in [6.07, 6.45) is 2.59. The lowest BCUT2D eigenvalue weighted by Gasteiger charge is -2.36. The van der Waals surface area contributed by atoms with Gasteiger partial charge in [0.2, 0.25) is 0 Å². The van der Waals surface area contributed by atoms with Gasteiger partial charge in [0.05, 0.1) is 31.1 Å². The van der Waals surface area contributed by atoms with E-state index in [0.29, 0.717) is 0 Å². The zero-order valence-electron chi connectivity index (χ0n) is 21.2. The Labute approximate surface area is 200 Å². The first-order valence-electron chi connectivity index (χ1n) is 12.8. The number of aryl methyl sites for hydroxylation is 3. The lowest BCUT2D eigenvalue weighted by Crippen LogP contribution is -2.45. The molecule has 5 heteroatoms.